The molecule has 3 aromatic rings. The van der Waals surface area contributed by atoms with Crippen LogP contribution in [0.2, 0.25) is 0 Å². The fraction of sp³-hybridized carbons (Fsp3) is 0.316. The molecular formula is C19H18F3N3O3. The molecule has 1 unspecified atom stereocenters. The first-order valence-electron chi connectivity index (χ1n) is 8.54. The Labute approximate surface area is 159 Å². The molecule has 0 spiro atoms. The first kappa shape index (κ1) is 19.7. The van der Waals surface area contributed by atoms with Crippen LogP contribution < -0.4 is 9.47 Å². The molecule has 0 radical (unpaired) electrons. The number of rotatable bonds is 6. The van der Waals surface area contributed by atoms with Gasteiger partial charge >= 0.3 is 12.1 Å². The van der Waals surface area contributed by atoms with Crippen LogP contribution in [-0.2, 0) is 6.18 Å². The molecule has 0 fully saturated rings. The Morgan fingerprint density at radius 2 is 1.89 bits per heavy atom. The number of ether oxygens (including phenoxy) is 2. The summed E-state index contributed by atoms with van der Waals surface area (Å²) in [5.41, 5.74) is 1.94. The van der Waals surface area contributed by atoms with E-state index in [2.05, 4.69) is 19.6 Å². The Morgan fingerprint density at radius 3 is 2.50 bits per heavy atom. The second-order valence-electron chi connectivity index (χ2n) is 6.10. The van der Waals surface area contributed by atoms with Crippen molar-refractivity contribution in [3.05, 3.63) is 53.5 Å². The van der Waals surface area contributed by atoms with Crippen LogP contribution in [0, 0.1) is 13.8 Å². The Balaban J connectivity index is 1.76. The summed E-state index contributed by atoms with van der Waals surface area (Å²) >= 11 is 0. The lowest BCUT2D eigenvalue weighted by atomic mass is 10.1. The average Bonchev–Trinajstić information content (AvgIpc) is 3.13. The highest BCUT2D eigenvalue weighted by Gasteiger charge is 2.38. The van der Waals surface area contributed by atoms with Crippen molar-refractivity contribution in [2.75, 3.05) is 0 Å². The number of hydrogen-bond acceptors (Lipinski definition) is 6. The standard InChI is InChI=1S/C19H18F3N3O3/c1-4-15(27-17-11(2)6-5-9-23-17)26-13-7-8-14(12(3)10-13)16-24-18(28-25-16)19(20,21)22/h5-10,15H,4H2,1-3H3. The van der Waals surface area contributed by atoms with E-state index in [-0.39, 0.29) is 5.82 Å². The van der Waals surface area contributed by atoms with Gasteiger partial charge in [0.1, 0.15) is 5.75 Å². The van der Waals surface area contributed by atoms with Crippen molar-refractivity contribution in [3.63, 3.8) is 0 Å². The molecule has 2 heterocycles. The minimum atomic E-state index is -4.68. The molecule has 0 bridgehead atoms. The van der Waals surface area contributed by atoms with E-state index in [4.69, 9.17) is 9.47 Å². The molecule has 0 saturated carbocycles. The van der Waals surface area contributed by atoms with E-state index in [0.29, 0.717) is 29.2 Å². The van der Waals surface area contributed by atoms with Gasteiger partial charge in [0, 0.05) is 23.7 Å². The summed E-state index contributed by atoms with van der Waals surface area (Å²) in [6, 6.07) is 8.57. The van der Waals surface area contributed by atoms with Gasteiger partial charge in [-0.1, -0.05) is 18.1 Å². The van der Waals surface area contributed by atoms with Crippen molar-refractivity contribution >= 4 is 0 Å². The fourth-order valence-corrected chi connectivity index (χ4v) is 2.47. The third-order valence-electron chi connectivity index (χ3n) is 3.91. The zero-order valence-corrected chi connectivity index (χ0v) is 15.4. The second kappa shape index (κ2) is 7.87. The minimum Gasteiger partial charge on any atom is -0.455 e. The lowest BCUT2D eigenvalue weighted by Gasteiger charge is -2.20. The molecule has 2 aromatic heterocycles. The number of pyridine rings is 1. The molecule has 1 aromatic carbocycles. The number of halogens is 3. The Morgan fingerprint density at radius 1 is 1.11 bits per heavy atom. The number of benzene rings is 1. The number of hydrogen-bond donors (Lipinski definition) is 0. The van der Waals surface area contributed by atoms with Crippen LogP contribution in [0.3, 0.4) is 0 Å². The van der Waals surface area contributed by atoms with Crippen LogP contribution >= 0.6 is 0 Å². The van der Waals surface area contributed by atoms with Crippen LogP contribution in [0.4, 0.5) is 13.2 Å². The van der Waals surface area contributed by atoms with Crippen molar-refractivity contribution in [2.45, 2.75) is 39.7 Å². The van der Waals surface area contributed by atoms with Gasteiger partial charge in [0.2, 0.25) is 18.0 Å². The Hall–Kier alpha value is -3.10. The lowest BCUT2D eigenvalue weighted by Crippen LogP contribution is -2.23. The maximum absolute atomic E-state index is 12.6. The summed E-state index contributed by atoms with van der Waals surface area (Å²) in [5, 5.41) is 3.41. The fourth-order valence-electron chi connectivity index (χ4n) is 2.47. The molecule has 0 N–H and O–H groups in total. The van der Waals surface area contributed by atoms with Crippen molar-refractivity contribution in [3.8, 4) is 23.0 Å². The quantitative estimate of drug-likeness (QED) is 0.551. The molecule has 0 aliphatic rings. The molecule has 148 valence electrons. The van der Waals surface area contributed by atoms with E-state index in [1.54, 1.807) is 31.3 Å². The monoisotopic (exact) mass is 393 g/mol. The number of nitrogens with zero attached hydrogens (tertiary/aromatic N) is 3. The molecule has 0 amide bonds. The van der Waals surface area contributed by atoms with Gasteiger partial charge in [-0.25, -0.2) is 4.98 Å². The molecule has 0 saturated heterocycles. The smallest absolute Gasteiger partial charge is 0.455 e. The largest absolute Gasteiger partial charge is 0.471 e. The average molecular weight is 393 g/mol. The van der Waals surface area contributed by atoms with E-state index in [9.17, 15) is 13.2 Å². The van der Waals surface area contributed by atoms with Gasteiger partial charge in [-0.2, -0.15) is 18.2 Å². The van der Waals surface area contributed by atoms with Crippen LogP contribution in [-0.4, -0.2) is 21.4 Å². The molecule has 3 rings (SSSR count). The van der Waals surface area contributed by atoms with Gasteiger partial charge < -0.3 is 14.0 Å². The van der Waals surface area contributed by atoms with Crippen LogP contribution in [0.25, 0.3) is 11.4 Å². The molecule has 6 nitrogen and oxygen atoms in total. The second-order valence-corrected chi connectivity index (χ2v) is 6.10. The van der Waals surface area contributed by atoms with Crippen molar-refractivity contribution in [1.29, 1.82) is 0 Å². The van der Waals surface area contributed by atoms with Crippen LogP contribution in [0.1, 0.15) is 30.4 Å². The highest BCUT2D eigenvalue weighted by Crippen LogP contribution is 2.31. The predicted molar refractivity (Wildman–Crippen MR) is 93.8 cm³/mol. The van der Waals surface area contributed by atoms with Gasteiger partial charge in [0.05, 0.1) is 0 Å². The summed E-state index contributed by atoms with van der Waals surface area (Å²) in [5.74, 6) is -0.536. The van der Waals surface area contributed by atoms with Crippen molar-refractivity contribution < 1.29 is 27.2 Å². The summed E-state index contributed by atoms with van der Waals surface area (Å²) in [4.78, 5) is 7.59. The zero-order chi connectivity index (χ0) is 20.3. The Bertz CT molecular complexity index is 957. The zero-order valence-electron chi connectivity index (χ0n) is 15.4. The maximum Gasteiger partial charge on any atom is 0.471 e. The van der Waals surface area contributed by atoms with Gasteiger partial charge in [-0.3, -0.25) is 0 Å². The first-order chi connectivity index (χ1) is 13.3. The van der Waals surface area contributed by atoms with Gasteiger partial charge in [0.25, 0.3) is 0 Å². The Kier molecular flexibility index (Phi) is 5.53. The summed E-state index contributed by atoms with van der Waals surface area (Å²) in [6.45, 7) is 5.51. The minimum absolute atomic E-state index is 0.135. The molecular weight excluding hydrogens is 375 g/mol. The van der Waals surface area contributed by atoms with Gasteiger partial charge in [0.15, 0.2) is 0 Å². The lowest BCUT2D eigenvalue weighted by molar-refractivity contribution is -0.159. The molecule has 0 aliphatic heterocycles. The van der Waals surface area contributed by atoms with Crippen LogP contribution in [0.5, 0.6) is 11.6 Å². The number of aromatic nitrogens is 3. The number of alkyl halides is 3. The number of aryl methyl sites for hydroxylation is 2. The third-order valence-corrected chi connectivity index (χ3v) is 3.91. The maximum atomic E-state index is 12.6. The van der Waals surface area contributed by atoms with E-state index in [1.807, 2.05) is 26.0 Å². The van der Waals surface area contributed by atoms with E-state index < -0.39 is 18.4 Å². The van der Waals surface area contributed by atoms with Crippen molar-refractivity contribution in [1.82, 2.24) is 15.1 Å². The molecule has 1 atom stereocenters. The van der Waals surface area contributed by atoms with Gasteiger partial charge in [-0.05, 0) is 43.7 Å². The topological polar surface area (TPSA) is 70.3 Å². The van der Waals surface area contributed by atoms with E-state index in [1.165, 1.54) is 0 Å². The SMILES string of the molecule is CCC(Oc1ccc(-c2noc(C(F)(F)F)n2)c(C)c1)Oc1ncccc1C. The summed E-state index contributed by atoms with van der Waals surface area (Å²) < 4.78 is 53.8. The van der Waals surface area contributed by atoms with E-state index in [0.717, 1.165) is 5.56 Å². The molecule has 9 heteroatoms. The predicted octanol–water partition coefficient (Wildman–Crippen LogP) is 4.96. The summed E-state index contributed by atoms with van der Waals surface area (Å²) in [6.07, 6.45) is -3.05. The summed E-state index contributed by atoms with van der Waals surface area (Å²) in [7, 11) is 0. The van der Waals surface area contributed by atoms with Crippen molar-refractivity contribution in [2.24, 2.45) is 0 Å². The molecule has 0 aliphatic carbocycles. The first-order valence-corrected chi connectivity index (χ1v) is 8.54. The van der Waals surface area contributed by atoms with Gasteiger partial charge in [-0.15, -0.1) is 0 Å². The molecule has 28 heavy (non-hydrogen) atoms. The normalized spacial score (nSPS) is 12.6. The third kappa shape index (κ3) is 4.41. The van der Waals surface area contributed by atoms with Crippen LogP contribution in [0.15, 0.2) is 41.1 Å². The highest BCUT2D eigenvalue weighted by atomic mass is 19.4. The van der Waals surface area contributed by atoms with E-state index >= 15 is 0 Å². The highest BCUT2D eigenvalue weighted by molar-refractivity contribution is 5.61.